The number of carbonyl (C=O) groups excluding carboxylic acids is 2. The number of aliphatic hydroxyl groups excluding tert-OH is 1. The van der Waals surface area contributed by atoms with Gasteiger partial charge in [-0.05, 0) is 59.6 Å². The lowest BCUT2D eigenvalue weighted by molar-refractivity contribution is -0.117. The van der Waals surface area contributed by atoms with E-state index in [0.29, 0.717) is 10.6 Å². The van der Waals surface area contributed by atoms with Gasteiger partial charge in [0.2, 0.25) is 5.78 Å². The van der Waals surface area contributed by atoms with E-state index in [-0.39, 0.29) is 11.4 Å². The molecule has 0 spiro atoms. The van der Waals surface area contributed by atoms with E-state index in [1.54, 1.807) is 17.5 Å². The lowest BCUT2D eigenvalue weighted by atomic mass is 9.99. The summed E-state index contributed by atoms with van der Waals surface area (Å²) in [5.74, 6) is -2.03. The maximum absolute atomic E-state index is 13.4. The maximum atomic E-state index is 13.4. The minimum atomic E-state index is -0.752. The van der Waals surface area contributed by atoms with Gasteiger partial charge in [-0.3, -0.25) is 14.5 Å². The molecule has 27 heavy (non-hydrogen) atoms. The average molecular weight is 399 g/mol. The second-order valence-corrected chi connectivity index (χ2v) is 7.99. The van der Waals surface area contributed by atoms with Crippen molar-refractivity contribution in [2.45, 2.75) is 13.0 Å². The number of Topliss-reactive ketones (excluding diaryl/α,β-unsaturated/α-hetero) is 1. The van der Waals surface area contributed by atoms with Crippen molar-refractivity contribution >= 4 is 40.1 Å². The number of ketones is 1. The third kappa shape index (κ3) is 2.89. The van der Waals surface area contributed by atoms with Crippen molar-refractivity contribution in [3.05, 3.63) is 85.7 Å². The lowest BCUT2D eigenvalue weighted by Gasteiger charge is -2.26. The maximum Gasteiger partial charge on any atom is 0.294 e. The van der Waals surface area contributed by atoms with Gasteiger partial charge in [-0.2, -0.15) is 0 Å². The van der Waals surface area contributed by atoms with Crippen molar-refractivity contribution in [2.75, 3.05) is 4.90 Å². The van der Waals surface area contributed by atoms with Gasteiger partial charge in [0.15, 0.2) is 5.76 Å². The fourth-order valence-corrected chi connectivity index (χ4v) is 4.86. The summed E-state index contributed by atoms with van der Waals surface area (Å²) < 4.78 is 13.4. The van der Waals surface area contributed by atoms with Crippen molar-refractivity contribution in [1.29, 1.82) is 0 Å². The number of amides is 1. The molecule has 1 N–H and O–H groups in total. The second-order valence-electron chi connectivity index (χ2n) is 6.09. The van der Waals surface area contributed by atoms with Crippen LogP contribution in [0.25, 0.3) is 0 Å². The molecule has 4 rings (SSSR count). The van der Waals surface area contributed by atoms with Crippen LogP contribution in [0, 0.1) is 12.7 Å². The molecule has 1 unspecified atom stereocenters. The Hall–Kier alpha value is -2.77. The number of benzene rings is 1. The SMILES string of the molecule is Cc1ccsc1C1C(C(=O)c2cccs2)=C(O)C(=O)N1c1ccc(F)cc1. The van der Waals surface area contributed by atoms with Gasteiger partial charge in [-0.15, -0.1) is 22.7 Å². The Labute approximate surface area is 162 Å². The van der Waals surface area contributed by atoms with E-state index in [0.717, 1.165) is 10.4 Å². The molecule has 3 aromatic rings. The van der Waals surface area contributed by atoms with Crippen LogP contribution >= 0.6 is 22.7 Å². The molecule has 1 aliphatic heterocycles. The van der Waals surface area contributed by atoms with Crippen LogP contribution in [0.1, 0.15) is 26.2 Å². The van der Waals surface area contributed by atoms with Crippen LogP contribution in [0.2, 0.25) is 0 Å². The highest BCUT2D eigenvalue weighted by atomic mass is 32.1. The molecule has 0 aliphatic carbocycles. The molecule has 0 fully saturated rings. The molecular formula is C20H14FNO3S2. The Kier molecular flexibility index (Phi) is 4.41. The molecule has 3 heterocycles. The first-order valence-corrected chi connectivity index (χ1v) is 9.89. The van der Waals surface area contributed by atoms with Crippen molar-refractivity contribution < 1.29 is 19.1 Å². The van der Waals surface area contributed by atoms with E-state index in [2.05, 4.69) is 0 Å². The monoisotopic (exact) mass is 399 g/mol. The molecule has 0 radical (unpaired) electrons. The molecule has 1 aliphatic rings. The second kappa shape index (κ2) is 6.75. The highest BCUT2D eigenvalue weighted by Crippen LogP contribution is 2.44. The zero-order valence-electron chi connectivity index (χ0n) is 14.2. The van der Waals surface area contributed by atoms with Gasteiger partial charge >= 0.3 is 0 Å². The van der Waals surface area contributed by atoms with Gasteiger partial charge in [0, 0.05) is 10.6 Å². The van der Waals surface area contributed by atoms with Gasteiger partial charge < -0.3 is 5.11 Å². The minimum absolute atomic E-state index is 0.0531. The third-order valence-corrected chi connectivity index (χ3v) is 6.39. The van der Waals surface area contributed by atoms with Gasteiger partial charge in [0.05, 0.1) is 10.5 Å². The topological polar surface area (TPSA) is 57.6 Å². The first-order valence-electron chi connectivity index (χ1n) is 8.13. The number of aliphatic hydroxyl groups is 1. The largest absolute Gasteiger partial charge is 0.503 e. The molecule has 0 saturated carbocycles. The molecule has 4 nitrogen and oxygen atoms in total. The molecule has 1 amide bonds. The standard InChI is InChI=1S/C20H14FNO3S2/c1-11-8-10-27-19(11)16-15(17(23)14-3-2-9-26-14)18(24)20(25)22(16)13-6-4-12(21)5-7-13/h2-10,16,24H,1H3. The number of hydrogen-bond acceptors (Lipinski definition) is 5. The van der Waals surface area contributed by atoms with Crippen LogP contribution in [0.5, 0.6) is 0 Å². The Bertz CT molecular complexity index is 1050. The van der Waals surface area contributed by atoms with Crippen LogP contribution in [-0.4, -0.2) is 16.8 Å². The molecule has 1 atom stereocenters. The molecule has 136 valence electrons. The smallest absolute Gasteiger partial charge is 0.294 e. The Morgan fingerprint density at radius 1 is 1.11 bits per heavy atom. The quantitative estimate of drug-likeness (QED) is 0.625. The summed E-state index contributed by atoms with van der Waals surface area (Å²) in [7, 11) is 0. The van der Waals surface area contributed by atoms with Crippen molar-refractivity contribution in [1.82, 2.24) is 0 Å². The number of carbonyl (C=O) groups is 2. The van der Waals surface area contributed by atoms with E-state index in [9.17, 15) is 19.1 Å². The van der Waals surface area contributed by atoms with Gasteiger partial charge in [-0.25, -0.2) is 4.39 Å². The predicted octanol–water partition coefficient (Wildman–Crippen LogP) is 5.04. The van der Waals surface area contributed by atoms with Crippen LogP contribution in [0.4, 0.5) is 10.1 Å². The van der Waals surface area contributed by atoms with E-state index in [4.69, 9.17) is 0 Å². The fourth-order valence-electron chi connectivity index (χ4n) is 3.16. The molecule has 0 saturated heterocycles. The summed E-state index contributed by atoms with van der Waals surface area (Å²) in [5.41, 5.74) is 1.38. The summed E-state index contributed by atoms with van der Waals surface area (Å²) in [6.07, 6.45) is 0. The normalized spacial score (nSPS) is 17.0. The van der Waals surface area contributed by atoms with Crippen LogP contribution < -0.4 is 4.90 Å². The van der Waals surface area contributed by atoms with Crippen LogP contribution in [0.3, 0.4) is 0 Å². The molecule has 0 bridgehead atoms. The highest BCUT2D eigenvalue weighted by Gasteiger charge is 2.45. The highest BCUT2D eigenvalue weighted by molar-refractivity contribution is 7.12. The van der Waals surface area contributed by atoms with Crippen LogP contribution in [-0.2, 0) is 4.79 Å². The van der Waals surface area contributed by atoms with Gasteiger partial charge in [-0.1, -0.05) is 6.07 Å². The average Bonchev–Trinajstić information content (AvgIpc) is 3.37. The van der Waals surface area contributed by atoms with Gasteiger partial charge in [0.25, 0.3) is 5.91 Å². The van der Waals surface area contributed by atoms with E-state index >= 15 is 0 Å². The summed E-state index contributed by atoms with van der Waals surface area (Å²) in [6, 6.07) is 9.98. The van der Waals surface area contributed by atoms with Crippen molar-refractivity contribution in [3.63, 3.8) is 0 Å². The number of nitrogens with zero attached hydrogens (tertiary/aromatic N) is 1. The summed E-state index contributed by atoms with van der Waals surface area (Å²) in [4.78, 5) is 28.5. The molecule has 2 aromatic heterocycles. The fraction of sp³-hybridized carbons (Fsp3) is 0.100. The van der Waals surface area contributed by atoms with Gasteiger partial charge in [0.1, 0.15) is 11.9 Å². The van der Waals surface area contributed by atoms with E-state index in [1.165, 1.54) is 51.8 Å². The number of hydrogen-bond donors (Lipinski definition) is 1. The van der Waals surface area contributed by atoms with Crippen LogP contribution in [0.15, 0.2) is 64.6 Å². The number of halogens is 1. The molecule has 7 heteroatoms. The Morgan fingerprint density at radius 2 is 1.85 bits per heavy atom. The number of rotatable bonds is 4. The zero-order valence-corrected chi connectivity index (χ0v) is 15.8. The summed E-state index contributed by atoms with van der Waals surface area (Å²) in [6.45, 7) is 1.89. The lowest BCUT2D eigenvalue weighted by Crippen LogP contribution is -2.30. The van der Waals surface area contributed by atoms with Crippen molar-refractivity contribution in [3.8, 4) is 0 Å². The molecule has 1 aromatic carbocycles. The van der Waals surface area contributed by atoms with E-state index < -0.39 is 23.5 Å². The summed E-state index contributed by atoms with van der Waals surface area (Å²) >= 11 is 2.66. The summed E-state index contributed by atoms with van der Waals surface area (Å²) in [5, 5.41) is 14.2. The number of aryl methyl sites for hydroxylation is 1. The predicted molar refractivity (Wildman–Crippen MR) is 104 cm³/mol. The van der Waals surface area contributed by atoms with E-state index in [1.807, 2.05) is 18.4 Å². The third-order valence-electron chi connectivity index (χ3n) is 4.45. The Morgan fingerprint density at radius 3 is 2.44 bits per heavy atom. The minimum Gasteiger partial charge on any atom is -0.503 e. The Balaban J connectivity index is 1.89. The molecular weight excluding hydrogens is 385 g/mol. The first-order chi connectivity index (χ1) is 13.0. The van der Waals surface area contributed by atoms with Crippen molar-refractivity contribution in [2.24, 2.45) is 0 Å². The number of anilines is 1. The number of thiophene rings is 2. The first kappa shape index (κ1) is 17.6. The zero-order chi connectivity index (χ0) is 19.1.